The minimum Gasteiger partial charge on any atom is -0.382 e. The summed E-state index contributed by atoms with van der Waals surface area (Å²) in [5.74, 6) is -0.630. The van der Waals surface area contributed by atoms with E-state index in [0.717, 1.165) is 12.1 Å². The van der Waals surface area contributed by atoms with Crippen molar-refractivity contribution in [3.63, 3.8) is 0 Å². The summed E-state index contributed by atoms with van der Waals surface area (Å²) in [5.41, 5.74) is 6.40. The van der Waals surface area contributed by atoms with Gasteiger partial charge in [-0.2, -0.15) is 13.2 Å². The Hall–Kier alpha value is -3.73. The number of imidazole rings is 1. The number of hydrogen-bond acceptors (Lipinski definition) is 6. The Morgan fingerprint density at radius 2 is 2.09 bits per heavy atom. The fourth-order valence-electron chi connectivity index (χ4n) is 3.96. The summed E-state index contributed by atoms with van der Waals surface area (Å²) in [4.78, 5) is 26.3. The van der Waals surface area contributed by atoms with Crippen LogP contribution in [0.15, 0.2) is 42.9 Å². The van der Waals surface area contributed by atoms with Gasteiger partial charge in [0.05, 0.1) is 48.0 Å². The molecule has 1 aliphatic heterocycles. The van der Waals surface area contributed by atoms with Crippen molar-refractivity contribution in [3.05, 3.63) is 65.4 Å². The quantitative estimate of drug-likeness (QED) is 0.490. The molecule has 0 bridgehead atoms. The molecule has 33 heavy (non-hydrogen) atoms. The maximum absolute atomic E-state index is 13.6. The van der Waals surface area contributed by atoms with Crippen LogP contribution >= 0.6 is 0 Å². The topological polar surface area (TPSA) is 98.6 Å². The molecule has 4 heterocycles. The van der Waals surface area contributed by atoms with Gasteiger partial charge in [-0.25, -0.2) is 15.0 Å². The molecule has 2 N–H and O–H groups in total. The molecular weight excluding hydrogens is 437 g/mol. The van der Waals surface area contributed by atoms with Crippen molar-refractivity contribution in [2.24, 2.45) is 0 Å². The number of halogens is 3. The normalized spacial score (nSPS) is 20.2. The van der Waals surface area contributed by atoms with Crippen molar-refractivity contribution in [1.82, 2.24) is 24.3 Å². The summed E-state index contributed by atoms with van der Waals surface area (Å²) >= 11 is 0. The molecule has 1 aliphatic rings. The zero-order valence-electron chi connectivity index (χ0n) is 20.2. The summed E-state index contributed by atoms with van der Waals surface area (Å²) in [6, 6.07) is 5.14. The number of anilines is 1. The number of likely N-dealkylation sites (N-methyl/N-ethyl adjacent to an activating group) is 1. The molecule has 0 unspecified atom stereocenters. The number of alkyl halides is 3. The van der Waals surface area contributed by atoms with Crippen molar-refractivity contribution in [2.75, 3.05) is 19.3 Å². The lowest BCUT2D eigenvalue weighted by Gasteiger charge is -2.35. The van der Waals surface area contributed by atoms with Gasteiger partial charge in [0.2, 0.25) is 0 Å². The Kier molecular flexibility index (Phi) is 3.99. The van der Waals surface area contributed by atoms with Gasteiger partial charge in [0.15, 0.2) is 0 Å². The molecule has 11 heteroatoms. The van der Waals surface area contributed by atoms with Crippen molar-refractivity contribution < 1.29 is 26.8 Å². The molecule has 0 saturated heterocycles. The maximum Gasteiger partial charge on any atom is 0.433 e. The first-order valence-corrected chi connectivity index (χ1v) is 9.91. The second-order valence-electron chi connectivity index (χ2n) is 7.68. The number of benzene rings is 1. The number of carbonyl (C=O) groups is 1. The molecule has 0 spiro atoms. The highest BCUT2D eigenvalue weighted by molar-refractivity contribution is 5.98. The van der Waals surface area contributed by atoms with Crippen LogP contribution in [0.2, 0.25) is 0 Å². The van der Waals surface area contributed by atoms with Gasteiger partial charge >= 0.3 is 6.18 Å². The third-order valence-corrected chi connectivity index (χ3v) is 5.65. The number of ether oxygens (including phenoxy) is 1. The number of rotatable bonds is 2. The van der Waals surface area contributed by atoms with Crippen LogP contribution in [-0.4, -0.2) is 43.7 Å². The predicted octanol–water partition coefficient (Wildman–Crippen LogP) is 3.78. The number of fused-ring (bicyclic) bond motifs is 4. The van der Waals surface area contributed by atoms with Crippen LogP contribution in [0, 0.1) is 0 Å². The Morgan fingerprint density at radius 3 is 2.85 bits per heavy atom. The molecular formula is C22H19F3N6O2. The second kappa shape index (κ2) is 7.41. The lowest BCUT2D eigenvalue weighted by molar-refractivity contribution is -0.141. The first-order chi connectivity index (χ1) is 16.9. The van der Waals surface area contributed by atoms with E-state index in [1.165, 1.54) is 37.6 Å². The fraction of sp³-hybridized carbons (Fsp3) is 0.273. The van der Waals surface area contributed by atoms with E-state index < -0.39 is 36.9 Å². The first-order valence-electron chi connectivity index (χ1n) is 11.4. The van der Waals surface area contributed by atoms with E-state index in [-0.39, 0.29) is 29.2 Å². The van der Waals surface area contributed by atoms with Crippen LogP contribution in [0.1, 0.15) is 50.5 Å². The highest BCUT2D eigenvalue weighted by Gasteiger charge is 2.37. The van der Waals surface area contributed by atoms with E-state index in [2.05, 4.69) is 15.0 Å². The van der Waals surface area contributed by atoms with E-state index in [1.54, 1.807) is 4.40 Å². The number of nitrogen functional groups attached to an aromatic ring is 1. The average molecular weight is 459 g/mol. The molecule has 170 valence electrons. The van der Waals surface area contributed by atoms with Crippen molar-refractivity contribution >= 4 is 28.3 Å². The molecule has 2 atom stereocenters. The molecule has 0 radical (unpaired) electrons. The molecule has 1 aromatic carbocycles. The summed E-state index contributed by atoms with van der Waals surface area (Å²) in [7, 11) is 0. The number of amides is 1. The van der Waals surface area contributed by atoms with Gasteiger partial charge in [-0.05, 0) is 31.2 Å². The van der Waals surface area contributed by atoms with Crippen LogP contribution in [0.3, 0.4) is 0 Å². The van der Waals surface area contributed by atoms with Crippen LogP contribution in [0.5, 0.6) is 0 Å². The number of hydrogen-bond donors (Lipinski definition) is 1. The van der Waals surface area contributed by atoms with Crippen molar-refractivity contribution in [1.29, 1.82) is 0 Å². The van der Waals surface area contributed by atoms with Gasteiger partial charge < -0.3 is 15.4 Å². The predicted molar refractivity (Wildman–Crippen MR) is 113 cm³/mol. The van der Waals surface area contributed by atoms with E-state index >= 15 is 0 Å². The third-order valence-electron chi connectivity index (χ3n) is 5.65. The number of nitrogens with two attached hydrogens (primary N) is 1. The Balaban J connectivity index is 1.61. The van der Waals surface area contributed by atoms with E-state index in [9.17, 15) is 18.0 Å². The Labute approximate surface area is 190 Å². The standard InChI is InChI=1S/C22H19F3N6O2/c1-11-19-13(4-6-18(29-19)22(23,24)25)17(9-33-11)30(2)21(32)12-3-5-14-15(7-12)31-10-27-8-16(31)20(26)28-14/h3-8,10-11,17H,9H2,1-2H3,(H2,26,28)/t11-,17-/m1/s1/i2D3. The zero-order chi connectivity index (χ0) is 26.0. The smallest absolute Gasteiger partial charge is 0.382 e. The van der Waals surface area contributed by atoms with E-state index in [1.807, 2.05) is 0 Å². The van der Waals surface area contributed by atoms with E-state index in [0.29, 0.717) is 21.5 Å². The van der Waals surface area contributed by atoms with Gasteiger partial charge in [0.1, 0.15) is 17.0 Å². The molecule has 0 saturated carbocycles. The van der Waals surface area contributed by atoms with Crippen molar-refractivity contribution in [2.45, 2.75) is 25.2 Å². The molecule has 4 aromatic rings. The van der Waals surface area contributed by atoms with Gasteiger partial charge in [-0.1, -0.05) is 6.07 Å². The first kappa shape index (κ1) is 17.8. The lowest BCUT2D eigenvalue weighted by atomic mass is 9.97. The van der Waals surface area contributed by atoms with Crippen LogP contribution < -0.4 is 5.73 Å². The summed E-state index contributed by atoms with van der Waals surface area (Å²) in [6.07, 6.45) is -2.52. The largest absolute Gasteiger partial charge is 0.433 e. The fourth-order valence-corrected chi connectivity index (χ4v) is 3.96. The number of pyridine rings is 1. The van der Waals surface area contributed by atoms with Gasteiger partial charge in [0.25, 0.3) is 5.91 Å². The molecule has 0 aliphatic carbocycles. The second-order valence-corrected chi connectivity index (χ2v) is 7.68. The van der Waals surface area contributed by atoms with Gasteiger partial charge in [0, 0.05) is 22.2 Å². The summed E-state index contributed by atoms with van der Waals surface area (Å²) < 4.78 is 71.1. The molecule has 3 aromatic heterocycles. The Morgan fingerprint density at radius 1 is 1.27 bits per heavy atom. The average Bonchev–Trinajstić information content (AvgIpc) is 3.30. The van der Waals surface area contributed by atoms with Crippen LogP contribution in [-0.2, 0) is 10.9 Å². The minimum absolute atomic E-state index is 0.0280. The van der Waals surface area contributed by atoms with Crippen LogP contribution in [0.4, 0.5) is 19.0 Å². The van der Waals surface area contributed by atoms with Gasteiger partial charge in [-0.15, -0.1) is 0 Å². The maximum atomic E-state index is 13.6. The highest BCUT2D eigenvalue weighted by atomic mass is 19.4. The molecule has 8 nitrogen and oxygen atoms in total. The van der Waals surface area contributed by atoms with Crippen LogP contribution in [0.25, 0.3) is 16.6 Å². The van der Waals surface area contributed by atoms with Gasteiger partial charge in [-0.3, -0.25) is 9.20 Å². The number of carbonyl (C=O) groups excluding carboxylic acids is 1. The SMILES string of the molecule is [2H]C([2H])([2H])N(C(=O)c1ccc2nc(N)c3cncn3c2c1)[C@@H]1CO[C@H](C)c2nc(C(F)(F)F)ccc21. The third kappa shape index (κ3) is 3.44. The molecule has 0 fully saturated rings. The van der Waals surface area contributed by atoms with E-state index in [4.69, 9.17) is 14.6 Å². The lowest BCUT2D eigenvalue weighted by Crippen LogP contribution is -2.37. The number of nitrogens with zero attached hydrogens (tertiary/aromatic N) is 5. The molecule has 1 amide bonds. The summed E-state index contributed by atoms with van der Waals surface area (Å²) in [6.45, 7) is -1.66. The highest BCUT2D eigenvalue weighted by Crippen LogP contribution is 2.37. The zero-order valence-corrected chi connectivity index (χ0v) is 17.2. The Bertz CT molecular complexity index is 1500. The minimum atomic E-state index is -4.69. The monoisotopic (exact) mass is 459 g/mol. The number of aromatic nitrogens is 4. The summed E-state index contributed by atoms with van der Waals surface area (Å²) in [5, 5.41) is 0. The molecule has 5 rings (SSSR count). The van der Waals surface area contributed by atoms with Crippen molar-refractivity contribution in [3.8, 4) is 0 Å².